The first-order valence-corrected chi connectivity index (χ1v) is 10.0. The Morgan fingerprint density at radius 1 is 1.03 bits per heavy atom. The second-order valence-electron chi connectivity index (χ2n) is 6.27. The molecule has 0 saturated heterocycles. The highest BCUT2D eigenvalue weighted by Crippen LogP contribution is 2.38. The molecule has 0 aliphatic heterocycles. The van der Waals surface area contributed by atoms with Crippen molar-refractivity contribution in [1.82, 2.24) is 0 Å². The Labute approximate surface area is 178 Å². The van der Waals surface area contributed by atoms with Crippen LogP contribution in [-0.2, 0) is 11.3 Å². The van der Waals surface area contributed by atoms with Crippen LogP contribution in [0.15, 0.2) is 60.0 Å². The van der Waals surface area contributed by atoms with E-state index in [1.165, 1.54) is 39.5 Å². The maximum atomic E-state index is 13.4. The van der Waals surface area contributed by atoms with Gasteiger partial charge in [0, 0.05) is 16.6 Å². The number of ether oxygens (including phenoxy) is 3. The molecule has 0 N–H and O–H groups in total. The van der Waals surface area contributed by atoms with E-state index in [0.29, 0.717) is 35.0 Å². The van der Waals surface area contributed by atoms with E-state index in [9.17, 15) is 9.18 Å². The first-order chi connectivity index (χ1) is 14.5. The standard InChI is InChI=1S/C23H22FNO4S/c1-27-20-13-16(14-21(28-2)23(20)29-3)6-11-22(26)25(15-19-5-4-12-30-19)18-9-7-17(24)8-10-18/h4-14H,15H2,1-3H3/b11-6+. The van der Waals surface area contributed by atoms with E-state index >= 15 is 0 Å². The van der Waals surface area contributed by atoms with Gasteiger partial charge in [0.25, 0.3) is 5.91 Å². The van der Waals surface area contributed by atoms with Crippen molar-refractivity contribution in [3.05, 3.63) is 76.2 Å². The molecule has 1 amide bonds. The molecule has 5 nitrogen and oxygen atoms in total. The van der Waals surface area contributed by atoms with Crippen LogP contribution in [-0.4, -0.2) is 27.2 Å². The summed E-state index contributed by atoms with van der Waals surface area (Å²) in [6.07, 6.45) is 3.15. The predicted molar refractivity (Wildman–Crippen MR) is 117 cm³/mol. The SMILES string of the molecule is COc1cc(/C=C/C(=O)N(Cc2cccs2)c2ccc(F)cc2)cc(OC)c1OC. The van der Waals surface area contributed by atoms with E-state index < -0.39 is 0 Å². The van der Waals surface area contributed by atoms with Crippen molar-refractivity contribution in [2.24, 2.45) is 0 Å². The minimum atomic E-state index is -0.352. The first-order valence-electron chi connectivity index (χ1n) is 9.13. The lowest BCUT2D eigenvalue weighted by Crippen LogP contribution is -2.28. The van der Waals surface area contributed by atoms with Crippen molar-refractivity contribution in [3.8, 4) is 17.2 Å². The van der Waals surface area contributed by atoms with Crippen LogP contribution in [0.2, 0.25) is 0 Å². The summed E-state index contributed by atoms with van der Waals surface area (Å²) in [6.45, 7) is 0.391. The van der Waals surface area contributed by atoms with E-state index in [-0.39, 0.29) is 11.7 Å². The third-order valence-corrected chi connectivity index (χ3v) is 5.26. The molecule has 1 aromatic heterocycles. The zero-order valence-electron chi connectivity index (χ0n) is 16.9. The molecule has 0 atom stereocenters. The van der Waals surface area contributed by atoms with Crippen molar-refractivity contribution in [2.75, 3.05) is 26.2 Å². The topological polar surface area (TPSA) is 48.0 Å². The number of thiophene rings is 1. The fourth-order valence-corrected chi connectivity index (χ4v) is 3.62. The van der Waals surface area contributed by atoms with Crippen LogP contribution < -0.4 is 19.1 Å². The molecule has 3 aromatic rings. The van der Waals surface area contributed by atoms with E-state index in [0.717, 1.165) is 4.88 Å². The number of nitrogens with zero attached hydrogens (tertiary/aromatic N) is 1. The monoisotopic (exact) mass is 427 g/mol. The lowest BCUT2D eigenvalue weighted by atomic mass is 10.1. The van der Waals surface area contributed by atoms with Gasteiger partial charge in [0.05, 0.1) is 27.9 Å². The molecular weight excluding hydrogens is 405 g/mol. The fraction of sp³-hybridized carbons (Fsp3) is 0.174. The van der Waals surface area contributed by atoms with Crippen molar-refractivity contribution in [3.63, 3.8) is 0 Å². The zero-order chi connectivity index (χ0) is 21.5. The molecule has 0 bridgehead atoms. The van der Waals surface area contributed by atoms with Crippen LogP contribution >= 0.6 is 11.3 Å². The lowest BCUT2D eigenvalue weighted by molar-refractivity contribution is -0.114. The van der Waals surface area contributed by atoms with Gasteiger partial charge in [-0.15, -0.1) is 11.3 Å². The van der Waals surface area contributed by atoms with Gasteiger partial charge in [0.15, 0.2) is 11.5 Å². The maximum absolute atomic E-state index is 13.4. The lowest BCUT2D eigenvalue weighted by Gasteiger charge is -2.21. The minimum absolute atomic E-state index is 0.233. The predicted octanol–water partition coefficient (Wildman–Crippen LogP) is 5.16. The highest BCUT2D eigenvalue weighted by molar-refractivity contribution is 7.09. The molecule has 7 heteroatoms. The van der Waals surface area contributed by atoms with Crippen LogP contribution in [0, 0.1) is 5.82 Å². The number of rotatable bonds is 8. The van der Waals surface area contributed by atoms with Gasteiger partial charge in [-0.3, -0.25) is 4.79 Å². The number of hydrogen-bond acceptors (Lipinski definition) is 5. The average molecular weight is 427 g/mol. The van der Waals surface area contributed by atoms with Crippen LogP contribution in [0.1, 0.15) is 10.4 Å². The Balaban J connectivity index is 1.89. The van der Waals surface area contributed by atoms with Gasteiger partial charge in [-0.05, 0) is 59.5 Å². The van der Waals surface area contributed by atoms with Gasteiger partial charge in [-0.2, -0.15) is 0 Å². The summed E-state index contributed by atoms with van der Waals surface area (Å²) in [5, 5.41) is 1.95. The van der Waals surface area contributed by atoms with Crippen molar-refractivity contribution in [1.29, 1.82) is 0 Å². The van der Waals surface area contributed by atoms with Gasteiger partial charge in [0.2, 0.25) is 5.75 Å². The summed E-state index contributed by atoms with van der Waals surface area (Å²) in [5.41, 5.74) is 1.33. The largest absolute Gasteiger partial charge is 0.493 e. The Bertz CT molecular complexity index is 991. The number of benzene rings is 2. The summed E-state index contributed by atoms with van der Waals surface area (Å²) < 4.78 is 29.4. The Morgan fingerprint density at radius 3 is 2.23 bits per heavy atom. The normalized spacial score (nSPS) is 10.8. The highest BCUT2D eigenvalue weighted by atomic mass is 32.1. The number of carbonyl (C=O) groups is 1. The number of amides is 1. The average Bonchev–Trinajstić information content (AvgIpc) is 3.29. The molecule has 2 aromatic carbocycles. The molecular formula is C23H22FNO4S. The summed E-state index contributed by atoms with van der Waals surface area (Å²) in [7, 11) is 4.60. The molecule has 0 saturated carbocycles. The maximum Gasteiger partial charge on any atom is 0.251 e. The zero-order valence-corrected chi connectivity index (χ0v) is 17.7. The third-order valence-electron chi connectivity index (χ3n) is 4.40. The third kappa shape index (κ3) is 4.99. The summed E-state index contributed by atoms with van der Waals surface area (Å²) in [5.74, 6) is 0.893. The van der Waals surface area contributed by atoms with Gasteiger partial charge < -0.3 is 19.1 Å². The van der Waals surface area contributed by atoms with Crippen LogP contribution in [0.25, 0.3) is 6.08 Å². The molecule has 0 aliphatic rings. The minimum Gasteiger partial charge on any atom is -0.493 e. The number of carbonyl (C=O) groups excluding carboxylic acids is 1. The highest BCUT2D eigenvalue weighted by Gasteiger charge is 2.16. The van der Waals surface area contributed by atoms with Crippen molar-refractivity contribution >= 4 is 29.0 Å². The van der Waals surface area contributed by atoms with Crippen LogP contribution in [0.4, 0.5) is 10.1 Å². The number of methoxy groups -OCH3 is 3. The Kier molecular flexibility index (Phi) is 7.08. The fourth-order valence-electron chi connectivity index (χ4n) is 2.93. The Morgan fingerprint density at radius 2 is 1.70 bits per heavy atom. The van der Waals surface area contributed by atoms with Gasteiger partial charge >= 0.3 is 0 Å². The molecule has 0 radical (unpaired) electrons. The van der Waals surface area contributed by atoms with Crippen LogP contribution in [0.5, 0.6) is 17.2 Å². The molecule has 3 rings (SSSR count). The second kappa shape index (κ2) is 9.93. The second-order valence-corrected chi connectivity index (χ2v) is 7.30. The summed E-state index contributed by atoms with van der Waals surface area (Å²) >= 11 is 1.56. The van der Waals surface area contributed by atoms with Crippen molar-refractivity contribution in [2.45, 2.75) is 6.54 Å². The smallest absolute Gasteiger partial charge is 0.251 e. The molecule has 1 heterocycles. The Hall–Kier alpha value is -3.32. The van der Waals surface area contributed by atoms with E-state index in [1.807, 2.05) is 17.5 Å². The first kappa shape index (κ1) is 21.4. The van der Waals surface area contributed by atoms with E-state index in [4.69, 9.17) is 14.2 Å². The van der Waals surface area contributed by atoms with Crippen LogP contribution in [0.3, 0.4) is 0 Å². The molecule has 156 valence electrons. The quantitative estimate of drug-likeness (QED) is 0.466. The molecule has 0 unspecified atom stereocenters. The van der Waals surface area contributed by atoms with E-state index in [1.54, 1.807) is 46.6 Å². The number of hydrogen-bond donors (Lipinski definition) is 0. The van der Waals surface area contributed by atoms with Gasteiger partial charge in [-0.1, -0.05) is 6.07 Å². The summed E-state index contributed by atoms with van der Waals surface area (Å²) in [4.78, 5) is 15.6. The number of halogens is 1. The molecule has 30 heavy (non-hydrogen) atoms. The number of anilines is 1. The van der Waals surface area contributed by atoms with Crippen molar-refractivity contribution < 1.29 is 23.4 Å². The molecule has 0 aliphatic carbocycles. The molecule has 0 spiro atoms. The van der Waals surface area contributed by atoms with Gasteiger partial charge in [0.1, 0.15) is 5.82 Å². The van der Waals surface area contributed by atoms with Gasteiger partial charge in [-0.25, -0.2) is 4.39 Å². The summed E-state index contributed by atoms with van der Waals surface area (Å²) in [6, 6.07) is 13.3. The van der Waals surface area contributed by atoms with E-state index in [2.05, 4.69) is 0 Å². The molecule has 0 fully saturated rings.